The summed E-state index contributed by atoms with van der Waals surface area (Å²) in [6.07, 6.45) is 0. The molecule has 162 valence electrons. The van der Waals surface area contributed by atoms with Gasteiger partial charge in [-0.15, -0.1) is 0 Å². The zero-order valence-corrected chi connectivity index (χ0v) is 22.0. The lowest BCUT2D eigenvalue weighted by Gasteiger charge is -2.45. The van der Waals surface area contributed by atoms with Gasteiger partial charge in [-0.2, -0.15) is 0 Å². The minimum absolute atomic E-state index is 0.311. The first-order valence-corrected chi connectivity index (χ1v) is 17.0. The zero-order valence-electron chi connectivity index (χ0n) is 19.0. The Hall–Kier alpha value is -0.369. The van der Waals surface area contributed by atoms with Crippen LogP contribution >= 0.6 is 0 Å². The zero-order chi connectivity index (χ0) is 21.5. The molecule has 0 aromatic heterocycles. The molecule has 0 heterocycles. The van der Waals surface area contributed by atoms with Crippen LogP contribution < -0.4 is 0 Å². The number of hydrogen-bond donors (Lipinski definition) is 0. The first-order chi connectivity index (χ1) is 13.1. The van der Waals surface area contributed by atoms with Gasteiger partial charge in [-0.3, -0.25) is 0 Å². The summed E-state index contributed by atoms with van der Waals surface area (Å²) >= 11 is 0. The molecule has 0 radical (unpaired) electrons. The van der Waals surface area contributed by atoms with Gasteiger partial charge in [0.25, 0.3) is 0 Å². The van der Waals surface area contributed by atoms with Crippen molar-refractivity contribution >= 4 is 25.7 Å². The summed E-state index contributed by atoms with van der Waals surface area (Å²) in [6, 6.07) is 12.8. The highest BCUT2D eigenvalue weighted by Crippen LogP contribution is 2.47. The topological polar surface area (TPSA) is 55.4 Å². The highest BCUT2D eigenvalue weighted by Gasteiger charge is 2.53. The molecule has 0 saturated heterocycles. The molecule has 0 N–H and O–H groups in total. The van der Waals surface area contributed by atoms with E-state index in [0.29, 0.717) is 0 Å². The average Bonchev–Trinajstić information content (AvgIpc) is 2.73. The molecule has 0 aliphatic carbocycles. The normalized spacial score (nSPS) is 13.8. The predicted molar refractivity (Wildman–Crippen MR) is 119 cm³/mol. The van der Waals surface area contributed by atoms with Gasteiger partial charge in [0.15, 0.2) is 0 Å². The maximum atomic E-state index is 5.91. The molecular weight excluding hydrogens is 408 g/mol. The molecule has 0 amide bonds. The van der Waals surface area contributed by atoms with Crippen LogP contribution in [-0.2, 0) is 32.0 Å². The van der Waals surface area contributed by atoms with E-state index in [1.165, 1.54) is 5.56 Å². The van der Waals surface area contributed by atoms with Crippen molar-refractivity contribution in [1.82, 2.24) is 0 Å². The van der Waals surface area contributed by atoms with Crippen molar-refractivity contribution in [2.75, 3.05) is 42.7 Å². The summed E-state index contributed by atoms with van der Waals surface area (Å²) in [6.45, 7) is 6.30. The summed E-state index contributed by atoms with van der Waals surface area (Å²) in [5.41, 5.74) is 0.900. The van der Waals surface area contributed by atoms with Crippen LogP contribution in [0.3, 0.4) is 0 Å². The average molecular weight is 447 g/mol. The third-order valence-corrected chi connectivity index (χ3v) is 15.1. The van der Waals surface area contributed by atoms with Gasteiger partial charge in [-0.1, -0.05) is 30.3 Å². The Morgan fingerprint density at radius 3 is 1.11 bits per heavy atom. The van der Waals surface area contributed by atoms with Crippen LogP contribution in [0.5, 0.6) is 0 Å². The van der Waals surface area contributed by atoms with Crippen LogP contribution in [0.2, 0.25) is 37.8 Å². The highest BCUT2D eigenvalue weighted by molar-refractivity contribution is 6.70. The molecule has 9 heteroatoms. The predicted octanol–water partition coefficient (Wildman–Crippen LogP) is 4.02. The molecule has 0 aliphatic rings. The molecule has 0 unspecified atom stereocenters. The van der Waals surface area contributed by atoms with E-state index in [9.17, 15) is 0 Å². The van der Waals surface area contributed by atoms with Gasteiger partial charge in [0.05, 0.1) is 0 Å². The third-order valence-electron chi connectivity index (χ3n) is 5.96. The van der Waals surface area contributed by atoms with Crippen molar-refractivity contribution < 1.29 is 26.6 Å². The van der Waals surface area contributed by atoms with Gasteiger partial charge in [-0.05, 0) is 25.2 Å². The van der Waals surface area contributed by atoms with E-state index in [2.05, 4.69) is 43.9 Å². The second-order valence-corrected chi connectivity index (χ2v) is 18.1. The SMILES string of the molecule is CO[Si](C)(CC(C[Si](C)(OC)OC)(C[Si](C)(OC)OC)c1ccccc1)OC. The van der Waals surface area contributed by atoms with Gasteiger partial charge in [0.2, 0.25) is 0 Å². The van der Waals surface area contributed by atoms with Crippen molar-refractivity contribution in [3.63, 3.8) is 0 Å². The van der Waals surface area contributed by atoms with E-state index in [-0.39, 0.29) is 5.41 Å². The molecule has 28 heavy (non-hydrogen) atoms. The van der Waals surface area contributed by atoms with Gasteiger partial charge in [0, 0.05) is 66.2 Å². The fourth-order valence-corrected chi connectivity index (χ4v) is 11.0. The highest BCUT2D eigenvalue weighted by atomic mass is 28.4. The summed E-state index contributed by atoms with van der Waals surface area (Å²) in [7, 11) is 3.07. The van der Waals surface area contributed by atoms with E-state index in [1.54, 1.807) is 42.7 Å². The van der Waals surface area contributed by atoms with E-state index in [0.717, 1.165) is 18.1 Å². The second-order valence-electron chi connectivity index (χ2n) is 7.80. The molecule has 1 rings (SSSR count). The van der Waals surface area contributed by atoms with E-state index < -0.39 is 25.7 Å². The lowest BCUT2D eigenvalue weighted by molar-refractivity contribution is 0.211. The fourth-order valence-electron chi connectivity index (χ4n) is 3.81. The maximum absolute atomic E-state index is 5.91. The van der Waals surface area contributed by atoms with Crippen LogP contribution in [0.4, 0.5) is 0 Å². The quantitative estimate of drug-likeness (QED) is 0.427. The Morgan fingerprint density at radius 1 is 0.571 bits per heavy atom. The smallest absolute Gasteiger partial charge is 0.335 e. The summed E-state index contributed by atoms with van der Waals surface area (Å²) in [4.78, 5) is 0. The minimum Gasteiger partial charge on any atom is -0.398 e. The van der Waals surface area contributed by atoms with Gasteiger partial charge in [0.1, 0.15) is 0 Å². The van der Waals surface area contributed by atoms with Crippen molar-refractivity contribution in [3.05, 3.63) is 35.9 Å². The van der Waals surface area contributed by atoms with Crippen LogP contribution in [0.1, 0.15) is 5.56 Å². The molecule has 6 nitrogen and oxygen atoms in total. The van der Waals surface area contributed by atoms with Crippen LogP contribution in [0.15, 0.2) is 30.3 Å². The summed E-state index contributed by atoms with van der Waals surface area (Å²) < 4.78 is 35.5. The van der Waals surface area contributed by atoms with E-state index >= 15 is 0 Å². The maximum Gasteiger partial charge on any atom is 0.335 e. The van der Waals surface area contributed by atoms with Gasteiger partial charge >= 0.3 is 25.7 Å². The van der Waals surface area contributed by atoms with E-state index in [4.69, 9.17) is 26.6 Å². The van der Waals surface area contributed by atoms with Crippen molar-refractivity contribution in [1.29, 1.82) is 0 Å². The van der Waals surface area contributed by atoms with Gasteiger partial charge in [-0.25, -0.2) is 0 Å². The first-order valence-electron chi connectivity index (χ1n) is 9.46. The molecule has 1 aromatic rings. The van der Waals surface area contributed by atoms with Crippen LogP contribution in [0, 0.1) is 0 Å². The Labute approximate surface area is 174 Å². The third kappa shape index (κ3) is 6.31. The number of hydrogen-bond acceptors (Lipinski definition) is 6. The molecule has 1 aromatic carbocycles. The molecule has 0 spiro atoms. The standard InChI is InChI=1S/C19H38O6Si3/c1-20-26(7,21-2)15-19(16-27(8,22-3)23-4,17-28(9,24-5)25-6)18-13-11-10-12-14-18/h10-14H,15-17H2,1-9H3. The number of rotatable bonds is 13. The molecule has 0 saturated carbocycles. The van der Waals surface area contributed by atoms with Gasteiger partial charge < -0.3 is 26.6 Å². The number of benzene rings is 1. The molecule has 0 atom stereocenters. The second kappa shape index (κ2) is 10.6. The largest absolute Gasteiger partial charge is 0.398 e. The molecular formula is C19H38O6Si3. The summed E-state index contributed by atoms with van der Waals surface area (Å²) in [5.74, 6) is 0. The Balaban J connectivity index is 3.65. The lowest BCUT2D eigenvalue weighted by Crippen LogP contribution is -2.54. The first kappa shape index (κ1) is 25.7. The van der Waals surface area contributed by atoms with Crippen molar-refractivity contribution in [2.24, 2.45) is 0 Å². The van der Waals surface area contributed by atoms with Crippen molar-refractivity contribution in [2.45, 2.75) is 43.2 Å². The summed E-state index contributed by atoms with van der Waals surface area (Å²) in [5, 5.41) is 0. The Bertz CT molecular complexity index is 524. The lowest BCUT2D eigenvalue weighted by atomic mass is 9.86. The Kier molecular flexibility index (Phi) is 9.71. The van der Waals surface area contributed by atoms with Crippen molar-refractivity contribution in [3.8, 4) is 0 Å². The van der Waals surface area contributed by atoms with Crippen LogP contribution in [0.25, 0.3) is 0 Å². The molecule has 0 bridgehead atoms. The monoisotopic (exact) mass is 446 g/mol. The fraction of sp³-hybridized carbons (Fsp3) is 0.684. The van der Waals surface area contributed by atoms with Crippen LogP contribution in [-0.4, -0.2) is 68.3 Å². The molecule has 0 fully saturated rings. The molecule has 0 aliphatic heterocycles. The minimum atomic E-state index is -2.44. The van der Waals surface area contributed by atoms with E-state index in [1.807, 2.05) is 6.07 Å². The Morgan fingerprint density at radius 2 is 0.857 bits per heavy atom.